The number of alkyl halides is 3. The Kier molecular flexibility index (Phi) is 3.31. The Balaban J connectivity index is 2.04. The Hall–Kier alpha value is -2.31. The molecule has 0 aliphatic heterocycles. The molecule has 1 aromatic heterocycles. The summed E-state index contributed by atoms with van der Waals surface area (Å²) in [5.74, 6) is -0.249. The van der Waals surface area contributed by atoms with Gasteiger partial charge in [0.05, 0.1) is 6.20 Å². The minimum atomic E-state index is -4.67. The topological polar surface area (TPSA) is 50.8 Å². The molecule has 0 fully saturated rings. The normalized spacial score (nSPS) is 11.9. The van der Waals surface area contributed by atoms with Crippen molar-refractivity contribution >= 4 is 12.2 Å². The number of hydrogen-bond acceptors (Lipinski definition) is 3. The summed E-state index contributed by atoms with van der Waals surface area (Å²) in [6.07, 6.45) is 0.244. The van der Waals surface area contributed by atoms with E-state index in [1.807, 2.05) is 0 Å². The average molecular weight is 255 g/mol. The number of nitrogens with one attached hydrogen (secondary N) is 1. The molecule has 0 amide bonds. The summed E-state index contributed by atoms with van der Waals surface area (Å²) < 4.78 is 39.5. The lowest BCUT2D eigenvalue weighted by Gasteiger charge is -2.08. The second-order valence-corrected chi connectivity index (χ2v) is 3.35. The first-order valence-electron chi connectivity index (χ1n) is 4.92. The van der Waals surface area contributed by atoms with Crippen molar-refractivity contribution in [1.29, 1.82) is 0 Å². The van der Waals surface area contributed by atoms with E-state index in [0.717, 1.165) is 5.56 Å². The molecule has 0 aliphatic carbocycles. The highest BCUT2D eigenvalue weighted by atomic mass is 19.4. The van der Waals surface area contributed by atoms with Gasteiger partial charge in [-0.2, -0.15) is 15.4 Å². The van der Waals surface area contributed by atoms with Crippen LogP contribution in [0.1, 0.15) is 11.3 Å². The molecule has 2 rings (SSSR count). The first-order valence-corrected chi connectivity index (χ1v) is 4.92. The van der Waals surface area contributed by atoms with Crippen LogP contribution < -0.4 is 4.74 Å². The molecule has 0 saturated heterocycles. The fraction of sp³-hybridized carbons (Fsp3) is 0.0909. The zero-order valence-corrected chi connectivity index (χ0v) is 8.98. The van der Waals surface area contributed by atoms with Crippen LogP contribution >= 0.6 is 0 Å². The fourth-order valence-electron chi connectivity index (χ4n) is 1.25. The second kappa shape index (κ2) is 4.91. The molecule has 1 heterocycles. The van der Waals surface area contributed by atoms with Gasteiger partial charge >= 0.3 is 6.36 Å². The third-order valence-corrected chi connectivity index (χ3v) is 1.99. The molecule has 0 saturated carbocycles. The Bertz CT molecular complexity index is 517. The molecule has 7 heteroatoms. The van der Waals surface area contributed by atoms with Gasteiger partial charge < -0.3 is 4.74 Å². The van der Waals surface area contributed by atoms with Crippen molar-refractivity contribution in [1.82, 2.24) is 15.4 Å². The van der Waals surface area contributed by atoms with Gasteiger partial charge in [-0.3, -0.25) is 0 Å². The van der Waals surface area contributed by atoms with Gasteiger partial charge in [-0.1, -0.05) is 18.2 Å². The van der Waals surface area contributed by atoms with E-state index in [9.17, 15) is 13.2 Å². The van der Waals surface area contributed by atoms with Crippen LogP contribution in [0.4, 0.5) is 13.2 Å². The number of ether oxygens (including phenoxy) is 1. The Morgan fingerprint density at radius 1 is 1.11 bits per heavy atom. The SMILES string of the molecule is FC(F)(F)Oc1ccc(C=Cc2cn[nH]n2)cc1. The maximum absolute atomic E-state index is 11.9. The van der Waals surface area contributed by atoms with E-state index >= 15 is 0 Å². The van der Waals surface area contributed by atoms with Gasteiger partial charge in [0.1, 0.15) is 11.4 Å². The smallest absolute Gasteiger partial charge is 0.406 e. The summed E-state index contributed by atoms with van der Waals surface area (Å²) in [6.45, 7) is 0. The molecule has 1 N–H and O–H groups in total. The number of benzene rings is 1. The van der Waals surface area contributed by atoms with Crippen molar-refractivity contribution in [2.75, 3.05) is 0 Å². The summed E-state index contributed by atoms with van der Waals surface area (Å²) in [7, 11) is 0. The lowest BCUT2D eigenvalue weighted by molar-refractivity contribution is -0.274. The maximum Gasteiger partial charge on any atom is 0.573 e. The predicted octanol–water partition coefficient (Wildman–Crippen LogP) is 2.87. The van der Waals surface area contributed by atoms with Gasteiger partial charge in [0, 0.05) is 0 Å². The summed E-state index contributed by atoms with van der Waals surface area (Å²) in [5, 5.41) is 9.86. The number of aromatic amines is 1. The molecular formula is C11H8F3N3O. The van der Waals surface area contributed by atoms with E-state index in [0.29, 0.717) is 5.69 Å². The van der Waals surface area contributed by atoms with Crippen LogP contribution in [0.3, 0.4) is 0 Å². The molecule has 0 atom stereocenters. The molecule has 18 heavy (non-hydrogen) atoms. The van der Waals surface area contributed by atoms with Crippen LogP contribution in [-0.2, 0) is 0 Å². The van der Waals surface area contributed by atoms with E-state index in [1.54, 1.807) is 12.2 Å². The number of H-pyrrole nitrogens is 1. The molecular weight excluding hydrogens is 247 g/mol. The quantitative estimate of drug-likeness (QED) is 0.917. The zero-order chi connectivity index (χ0) is 13.0. The lowest BCUT2D eigenvalue weighted by atomic mass is 10.2. The summed E-state index contributed by atoms with van der Waals surface area (Å²) in [6, 6.07) is 5.52. The Labute approximate surface area is 100 Å². The van der Waals surface area contributed by atoms with E-state index < -0.39 is 6.36 Å². The minimum absolute atomic E-state index is 0.249. The second-order valence-electron chi connectivity index (χ2n) is 3.35. The number of halogens is 3. The first-order chi connectivity index (χ1) is 8.53. The van der Waals surface area contributed by atoms with Crippen LogP contribution in [-0.4, -0.2) is 21.8 Å². The molecule has 1 aromatic carbocycles. The molecule has 0 spiro atoms. The van der Waals surface area contributed by atoms with Crippen molar-refractivity contribution in [3.63, 3.8) is 0 Å². The number of aromatic nitrogens is 3. The van der Waals surface area contributed by atoms with Gasteiger partial charge in [-0.15, -0.1) is 13.2 Å². The highest BCUT2D eigenvalue weighted by Crippen LogP contribution is 2.23. The predicted molar refractivity (Wildman–Crippen MR) is 58.4 cm³/mol. The van der Waals surface area contributed by atoms with Crippen molar-refractivity contribution in [3.8, 4) is 5.75 Å². The molecule has 0 unspecified atom stereocenters. The largest absolute Gasteiger partial charge is 0.573 e. The van der Waals surface area contributed by atoms with Gasteiger partial charge in [-0.25, -0.2) is 0 Å². The number of nitrogens with zero attached hydrogens (tertiary/aromatic N) is 2. The van der Waals surface area contributed by atoms with Crippen LogP contribution in [0, 0.1) is 0 Å². The Morgan fingerprint density at radius 3 is 2.39 bits per heavy atom. The molecule has 0 aliphatic rings. The van der Waals surface area contributed by atoms with Gasteiger partial charge in [0.2, 0.25) is 0 Å². The molecule has 2 aromatic rings. The molecule has 0 bridgehead atoms. The highest BCUT2D eigenvalue weighted by Gasteiger charge is 2.30. The third kappa shape index (κ3) is 3.62. The van der Waals surface area contributed by atoms with E-state index in [-0.39, 0.29) is 5.75 Å². The summed E-state index contributed by atoms with van der Waals surface area (Å²) in [4.78, 5) is 0. The van der Waals surface area contributed by atoms with E-state index in [1.165, 1.54) is 30.5 Å². The maximum atomic E-state index is 11.9. The van der Waals surface area contributed by atoms with Crippen LogP contribution in [0.25, 0.3) is 12.2 Å². The van der Waals surface area contributed by atoms with Gasteiger partial charge in [0.15, 0.2) is 0 Å². The van der Waals surface area contributed by atoms with Crippen molar-refractivity contribution in [3.05, 3.63) is 41.7 Å². The highest BCUT2D eigenvalue weighted by molar-refractivity contribution is 5.67. The van der Waals surface area contributed by atoms with Crippen LogP contribution in [0.2, 0.25) is 0 Å². The van der Waals surface area contributed by atoms with Crippen molar-refractivity contribution in [2.24, 2.45) is 0 Å². The molecule has 94 valence electrons. The lowest BCUT2D eigenvalue weighted by Crippen LogP contribution is -2.16. The molecule has 0 radical (unpaired) electrons. The van der Waals surface area contributed by atoms with Gasteiger partial charge in [-0.05, 0) is 23.8 Å². The van der Waals surface area contributed by atoms with Crippen molar-refractivity contribution < 1.29 is 17.9 Å². The minimum Gasteiger partial charge on any atom is -0.406 e. The summed E-state index contributed by atoms with van der Waals surface area (Å²) >= 11 is 0. The van der Waals surface area contributed by atoms with Crippen molar-refractivity contribution in [2.45, 2.75) is 6.36 Å². The first kappa shape index (κ1) is 12.2. The zero-order valence-electron chi connectivity index (χ0n) is 8.98. The average Bonchev–Trinajstić information content (AvgIpc) is 2.79. The van der Waals surface area contributed by atoms with E-state index in [4.69, 9.17) is 0 Å². The standard InChI is InChI=1S/C11H8F3N3O/c12-11(13,14)18-10-5-2-8(3-6-10)1-4-9-7-15-17-16-9/h1-7H,(H,15,16,17). The fourth-order valence-corrected chi connectivity index (χ4v) is 1.25. The van der Waals surface area contributed by atoms with E-state index in [2.05, 4.69) is 20.1 Å². The number of rotatable bonds is 3. The van der Waals surface area contributed by atoms with Crippen LogP contribution in [0.5, 0.6) is 5.75 Å². The van der Waals surface area contributed by atoms with Crippen LogP contribution in [0.15, 0.2) is 30.5 Å². The monoisotopic (exact) mass is 255 g/mol. The number of hydrogen-bond donors (Lipinski definition) is 1. The third-order valence-electron chi connectivity index (χ3n) is 1.99. The molecule has 4 nitrogen and oxygen atoms in total. The Morgan fingerprint density at radius 2 is 1.83 bits per heavy atom. The summed E-state index contributed by atoms with van der Waals surface area (Å²) in [5.41, 5.74) is 1.36. The van der Waals surface area contributed by atoms with Gasteiger partial charge in [0.25, 0.3) is 0 Å².